The Bertz CT molecular complexity index is 494. The van der Waals surface area contributed by atoms with Crippen LogP contribution in [0.25, 0.3) is 0 Å². The molecule has 100 valence electrons. The topological polar surface area (TPSA) is 69.6 Å². The van der Waals surface area contributed by atoms with Crippen LogP contribution >= 0.6 is 0 Å². The van der Waals surface area contributed by atoms with Crippen LogP contribution in [0.2, 0.25) is 0 Å². The van der Waals surface area contributed by atoms with E-state index in [0.717, 1.165) is 4.90 Å². The Kier molecular flexibility index (Phi) is 5.35. The minimum atomic E-state index is -1.15. The second-order valence-electron chi connectivity index (χ2n) is 3.74. The highest BCUT2D eigenvalue weighted by molar-refractivity contribution is 5.80. The molecule has 19 heavy (non-hydrogen) atoms. The van der Waals surface area contributed by atoms with Gasteiger partial charge in [-0.15, -0.1) is 6.42 Å². The summed E-state index contributed by atoms with van der Waals surface area (Å²) in [5, 5.41) is 11.2. The molecule has 0 bridgehead atoms. The monoisotopic (exact) mass is 264 g/mol. The molecule has 2 N–H and O–H groups in total. The lowest BCUT2D eigenvalue weighted by atomic mass is 10.2. The minimum absolute atomic E-state index is 0.0957. The van der Waals surface area contributed by atoms with Crippen LogP contribution in [0, 0.1) is 18.2 Å². The van der Waals surface area contributed by atoms with Crippen molar-refractivity contribution in [2.45, 2.75) is 6.54 Å². The number of benzene rings is 1. The summed E-state index contributed by atoms with van der Waals surface area (Å²) < 4.78 is 12.7. The van der Waals surface area contributed by atoms with Gasteiger partial charge in [-0.25, -0.2) is 9.18 Å². The van der Waals surface area contributed by atoms with Crippen LogP contribution in [0.4, 0.5) is 9.18 Å². The quantitative estimate of drug-likeness (QED) is 0.781. The largest absolute Gasteiger partial charge is 0.480 e. The van der Waals surface area contributed by atoms with Crippen molar-refractivity contribution in [3.05, 3.63) is 35.6 Å². The van der Waals surface area contributed by atoms with Gasteiger partial charge in [0.05, 0.1) is 6.54 Å². The summed E-state index contributed by atoms with van der Waals surface area (Å²) in [6, 6.07) is 5.02. The van der Waals surface area contributed by atoms with E-state index in [9.17, 15) is 14.0 Å². The van der Waals surface area contributed by atoms with Crippen molar-refractivity contribution >= 4 is 12.0 Å². The number of hydrogen-bond donors (Lipinski definition) is 2. The second-order valence-corrected chi connectivity index (χ2v) is 3.74. The molecule has 0 aromatic heterocycles. The summed E-state index contributed by atoms with van der Waals surface area (Å²) in [4.78, 5) is 23.3. The molecule has 2 amide bonds. The number of hydrogen-bond acceptors (Lipinski definition) is 2. The first kappa shape index (κ1) is 14.5. The number of urea groups is 1. The number of nitrogens with zero attached hydrogens (tertiary/aromatic N) is 1. The molecule has 0 aliphatic carbocycles. The lowest BCUT2D eigenvalue weighted by Crippen LogP contribution is -2.42. The van der Waals surface area contributed by atoms with E-state index in [1.165, 1.54) is 24.3 Å². The first-order valence-corrected chi connectivity index (χ1v) is 5.45. The van der Waals surface area contributed by atoms with E-state index in [4.69, 9.17) is 11.5 Å². The average molecular weight is 264 g/mol. The van der Waals surface area contributed by atoms with Crippen molar-refractivity contribution in [3.63, 3.8) is 0 Å². The molecule has 0 saturated carbocycles. The fraction of sp³-hybridized carbons (Fsp3) is 0.231. The Hall–Kier alpha value is -2.55. The van der Waals surface area contributed by atoms with E-state index in [-0.39, 0.29) is 18.9 Å². The molecule has 0 heterocycles. The van der Waals surface area contributed by atoms with Crippen molar-refractivity contribution in [2.24, 2.45) is 0 Å². The number of nitrogens with one attached hydrogen (secondary N) is 1. The van der Waals surface area contributed by atoms with Gasteiger partial charge in [-0.05, 0) is 17.7 Å². The predicted octanol–water partition coefficient (Wildman–Crippen LogP) is 1.06. The number of carboxylic acids is 1. The summed E-state index contributed by atoms with van der Waals surface area (Å²) in [6.07, 6.45) is 5.06. The van der Waals surface area contributed by atoms with E-state index in [2.05, 4.69) is 11.2 Å². The van der Waals surface area contributed by atoms with Gasteiger partial charge in [0, 0.05) is 6.54 Å². The minimum Gasteiger partial charge on any atom is -0.480 e. The predicted molar refractivity (Wildman–Crippen MR) is 66.7 cm³/mol. The third-order valence-electron chi connectivity index (χ3n) is 2.25. The van der Waals surface area contributed by atoms with Crippen LogP contribution in [0.3, 0.4) is 0 Å². The lowest BCUT2D eigenvalue weighted by molar-refractivity contribution is -0.137. The third-order valence-corrected chi connectivity index (χ3v) is 2.25. The Morgan fingerprint density at radius 2 is 2.00 bits per heavy atom. The van der Waals surface area contributed by atoms with Gasteiger partial charge in [-0.2, -0.15) is 0 Å². The molecule has 1 aromatic rings. The van der Waals surface area contributed by atoms with Gasteiger partial charge in [0.1, 0.15) is 12.4 Å². The fourth-order valence-corrected chi connectivity index (χ4v) is 1.36. The standard InChI is InChI=1S/C13H13FN2O3/c1-2-7-16(9-12(17)18)13(19)15-8-10-3-5-11(14)6-4-10/h1,3-6H,7-9H2,(H,15,19)(H,17,18). The normalized spacial score (nSPS) is 9.47. The van der Waals surface area contributed by atoms with E-state index in [1.807, 2.05) is 0 Å². The van der Waals surface area contributed by atoms with Gasteiger partial charge >= 0.3 is 12.0 Å². The number of rotatable bonds is 5. The highest BCUT2D eigenvalue weighted by atomic mass is 19.1. The molecule has 0 aliphatic heterocycles. The Morgan fingerprint density at radius 3 is 2.53 bits per heavy atom. The summed E-state index contributed by atoms with van der Waals surface area (Å²) >= 11 is 0. The van der Waals surface area contributed by atoms with Crippen molar-refractivity contribution in [1.29, 1.82) is 0 Å². The Labute approximate surface area is 110 Å². The number of carboxylic acid groups (broad SMARTS) is 1. The molecule has 1 aromatic carbocycles. The molecule has 0 saturated heterocycles. The van der Waals surface area contributed by atoms with E-state index >= 15 is 0 Å². The molecule has 0 fully saturated rings. The summed E-state index contributed by atoms with van der Waals surface area (Å²) in [7, 11) is 0. The molecular formula is C13H13FN2O3. The molecular weight excluding hydrogens is 251 g/mol. The van der Waals surface area contributed by atoms with E-state index in [0.29, 0.717) is 5.56 Å². The summed E-state index contributed by atoms with van der Waals surface area (Å²) in [5.41, 5.74) is 0.700. The van der Waals surface area contributed by atoms with Crippen molar-refractivity contribution in [2.75, 3.05) is 13.1 Å². The van der Waals surface area contributed by atoms with E-state index in [1.54, 1.807) is 0 Å². The molecule has 0 spiro atoms. The zero-order valence-electron chi connectivity index (χ0n) is 10.1. The fourth-order valence-electron chi connectivity index (χ4n) is 1.36. The maximum atomic E-state index is 12.7. The van der Waals surface area contributed by atoms with Crippen LogP contribution in [-0.4, -0.2) is 35.1 Å². The molecule has 1 rings (SSSR count). The Balaban J connectivity index is 2.54. The summed E-state index contributed by atoms with van der Waals surface area (Å²) in [6.45, 7) is -0.402. The molecule has 6 heteroatoms. The number of aliphatic carboxylic acids is 1. The zero-order valence-corrected chi connectivity index (χ0v) is 10.1. The average Bonchev–Trinajstić information content (AvgIpc) is 2.37. The first-order valence-electron chi connectivity index (χ1n) is 5.45. The lowest BCUT2D eigenvalue weighted by Gasteiger charge is -2.18. The van der Waals surface area contributed by atoms with Gasteiger partial charge in [0.15, 0.2) is 0 Å². The first-order chi connectivity index (χ1) is 9.02. The van der Waals surface area contributed by atoms with Gasteiger partial charge in [0.25, 0.3) is 0 Å². The van der Waals surface area contributed by atoms with Crippen LogP contribution in [-0.2, 0) is 11.3 Å². The molecule has 5 nitrogen and oxygen atoms in total. The van der Waals surface area contributed by atoms with Gasteiger partial charge in [0.2, 0.25) is 0 Å². The maximum Gasteiger partial charge on any atom is 0.323 e. The maximum absolute atomic E-state index is 12.7. The van der Waals surface area contributed by atoms with Crippen molar-refractivity contribution < 1.29 is 19.1 Å². The van der Waals surface area contributed by atoms with Crippen LogP contribution in [0.15, 0.2) is 24.3 Å². The van der Waals surface area contributed by atoms with Crippen LogP contribution in [0.5, 0.6) is 0 Å². The number of carbonyl (C=O) groups excluding carboxylic acids is 1. The van der Waals surface area contributed by atoms with Crippen molar-refractivity contribution in [3.8, 4) is 12.3 Å². The number of halogens is 1. The molecule has 0 atom stereocenters. The number of carbonyl (C=O) groups is 2. The van der Waals surface area contributed by atoms with Crippen molar-refractivity contribution in [1.82, 2.24) is 10.2 Å². The molecule has 0 aliphatic rings. The highest BCUT2D eigenvalue weighted by Gasteiger charge is 2.15. The van der Waals surface area contributed by atoms with Crippen LogP contribution in [0.1, 0.15) is 5.56 Å². The number of amides is 2. The smallest absolute Gasteiger partial charge is 0.323 e. The summed E-state index contributed by atoms with van der Waals surface area (Å²) in [5.74, 6) is 0.700. The van der Waals surface area contributed by atoms with E-state index < -0.39 is 18.5 Å². The third kappa shape index (κ3) is 5.08. The van der Waals surface area contributed by atoms with Gasteiger partial charge in [-0.3, -0.25) is 4.79 Å². The Morgan fingerprint density at radius 1 is 1.37 bits per heavy atom. The zero-order chi connectivity index (χ0) is 14.3. The molecule has 0 radical (unpaired) electrons. The highest BCUT2D eigenvalue weighted by Crippen LogP contribution is 2.02. The van der Waals surface area contributed by atoms with Gasteiger partial charge < -0.3 is 15.3 Å². The van der Waals surface area contributed by atoms with Crippen LogP contribution < -0.4 is 5.32 Å². The second kappa shape index (κ2) is 7.01. The van der Waals surface area contributed by atoms with Gasteiger partial charge in [-0.1, -0.05) is 18.1 Å². The number of terminal acetylenes is 1. The SMILES string of the molecule is C#CCN(CC(=O)O)C(=O)NCc1ccc(F)cc1. The molecule has 0 unspecified atom stereocenters.